The molecular weight excluding hydrogens is 553 g/mol. The first-order valence-corrected chi connectivity index (χ1v) is 13.4. The minimum atomic E-state index is -0.871. The lowest BCUT2D eigenvalue weighted by atomic mass is 10.1. The molecule has 0 aliphatic carbocycles. The number of halogens is 2. The van der Waals surface area contributed by atoms with E-state index in [0.29, 0.717) is 46.9 Å². The van der Waals surface area contributed by atoms with Crippen molar-refractivity contribution < 1.29 is 23.9 Å². The van der Waals surface area contributed by atoms with Gasteiger partial charge < -0.3 is 14.0 Å². The molecule has 0 radical (unpaired) electrons. The summed E-state index contributed by atoms with van der Waals surface area (Å²) in [6, 6.07) is 17.0. The molecule has 1 fully saturated rings. The fourth-order valence-corrected chi connectivity index (χ4v) is 4.91. The number of anilines is 1. The van der Waals surface area contributed by atoms with Gasteiger partial charge in [-0.3, -0.25) is 14.9 Å². The maximum absolute atomic E-state index is 13.7. The molecule has 4 amide bonds. The second-order valence-corrected chi connectivity index (χ2v) is 9.75. The van der Waals surface area contributed by atoms with E-state index in [2.05, 4.69) is 5.32 Å². The Morgan fingerprint density at radius 2 is 1.68 bits per heavy atom. The zero-order chi connectivity index (χ0) is 28.4. The maximum Gasteiger partial charge on any atom is 0.336 e. The fraction of sp³-hybridized carbons (Fsp3) is 0.167. The number of rotatable bonds is 8. The second kappa shape index (κ2) is 11.5. The first-order chi connectivity index (χ1) is 19.3. The molecule has 4 aromatic rings. The van der Waals surface area contributed by atoms with Crippen LogP contribution in [0.3, 0.4) is 0 Å². The fourth-order valence-electron chi connectivity index (χ4n) is 4.59. The molecule has 1 N–H and O–H groups in total. The van der Waals surface area contributed by atoms with Gasteiger partial charge in [-0.05, 0) is 55.8 Å². The lowest BCUT2D eigenvalue weighted by Crippen LogP contribution is -2.54. The lowest BCUT2D eigenvalue weighted by molar-refractivity contribution is -0.122. The van der Waals surface area contributed by atoms with Crippen LogP contribution < -0.4 is 19.7 Å². The summed E-state index contributed by atoms with van der Waals surface area (Å²) in [5, 5.41) is 4.03. The molecule has 10 heteroatoms. The summed E-state index contributed by atoms with van der Waals surface area (Å²) in [6.45, 7) is 4.80. The summed E-state index contributed by atoms with van der Waals surface area (Å²) in [5.41, 5.74) is 2.43. The van der Waals surface area contributed by atoms with Gasteiger partial charge in [0.1, 0.15) is 17.1 Å². The summed E-state index contributed by atoms with van der Waals surface area (Å²) < 4.78 is 13.2. The lowest BCUT2D eigenvalue weighted by Gasteiger charge is -2.28. The van der Waals surface area contributed by atoms with Crippen LogP contribution in [0.15, 0.2) is 72.4 Å². The molecule has 0 spiro atoms. The van der Waals surface area contributed by atoms with Gasteiger partial charge in [0.15, 0.2) is 0 Å². The monoisotopic (exact) mass is 577 g/mol. The Morgan fingerprint density at radius 3 is 2.42 bits per heavy atom. The van der Waals surface area contributed by atoms with Gasteiger partial charge in [0.2, 0.25) is 0 Å². The molecule has 3 aromatic carbocycles. The SMILES string of the molecule is CCOc1ccc(OCC)c(N2C(=O)NC(=O)/C(=C\c3cn(Cc4ccc(Cl)c(Cl)c4)c4ccccc34)C2=O)c1. The largest absolute Gasteiger partial charge is 0.494 e. The Bertz CT molecular complexity index is 1680. The Balaban J connectivity index is 1.57. The average molecular weight is 578 g/mol. The van der Waals surface area contributed by atoms with Crippen molar-refractivity contribution in [1.29, 1.82) is 0 Å². The Hall–Kier alpha value is -4.27. The number of hydrogen-bond donors (Lipinski definition) is 1. The van der Waals surface area contributed by atoms with Crippen molar-refractivity contribution in [2.75, 3.05) is 18.1 Å². The Labute approximate surface area is 240 Å². The van der Waals surface area contributed by atoms with Gasteiger partial charge in [0.05, 0.1) is 28.9 Å². The number of ether oxygens (including phenoxy) is 2. The van der Waals surface area contributed by atoms with Crippen LogP contribution in [-0.2, 0) is 16.1 Å². The number of barbiturate groups is 1. The number of nitrogens with one attached hydrogen (secondary N) is 1. The van der Waals surface area contributed by atoms with Crippen LogP contribution in [0.2, 0.25) is 10.0 Å². The highest BCUT2D eigenvalue weighted by Gasteiger charge is 2.38. The van der Waals surface area contributed by atoms with Crippen molar-refractivity contribution in [2.24, 2.45) is 0 Å². The quantitative estimate of drug-likeness (QED) is 0.192. The molecule has 2 heterocycles. The highest BCUT2D eigenvalue weighted by atomic mass is 35.5. The third-order valence-corrected chi connectivity index (χ3v) is 7.08. The standard InChI is InChI=1S/C30H25Cl2N3O5/c1-3-39-20-10-12-27(40-4-2)26(15-20)35-29(37)22(28(36)33-30(35)38)14-19-17-34(25-8-6-5-7-21(19)25)16-18-9-11-23(31)24(32)13-18/h5-15,17H,3-4,16H2,1-2H3,(H,33,36,38)/b22-14+. The summed E-state index contributed by atoms with van der Waals surface area (Å²) in [6.07, 6.45) is 3.35. The number of imide groups is 2. The van der Waals surface area contributed by atoms with Gasteiger partial charge in [0, 0.05) is 35.3 Å². The van der Waals surface area contributed by atoms with Crippen molar-refractivity contribution in [3.63, 3.8) is 0 Å². The molecule has 40 heavy (non-hydrogen) atoms. The van der Waals surface area contributed by atoms with Crippen molar-refractivity contribution >= 4 is 63.7 Å². The number of benzene rings is 3. The highest BCUT2D eigenvalue weighted by Crippen LogP contribution is 2.35. The third-order valence-electron chi connectivity index (χ3n) is 6.34. The number of amides is 4. The molecule has 204 valence electrons. The van der Waals surface area contributed by atoms with E-state index < -0.39 is 17.8 Å². The molecule has 0 saturated carbocycles. The van der Waals surface area contributed by atoms with Crippen LogP contribution in [0.1, 0.15) is 25.0 Å². The number of hydrogen-bond acceptors (Lipinski definition) is 5. The van der Waals surface area contributed by atoms with Crippen LogP contribution in [-0.4, -0.2) is 35.6 Å². The molecular formula is C30H25Cl2N3O5. The van der Waals surface area contributed by atoms with E-state index in [4.69, 9.17) is 32.7 Å². The van der Waals surface area contributed by atoms with Gasteiger partial charge in [-0.15, -0.1) is 0 Å². The first kappa shape index (κ1) is 27.3. The van der Waals surface area contributed by atoms with E-state index in [9.17, 15) is 14.4 Å². The zero-order valence-corrected chi connectivity index (χ0v) is 23.3. The van der Waals surface area contributed by atoms with E-state index in [1.807, 2.05) is 48.0 Å². The molecule has 1 saturated heterocycles. The zero-order valence-electron chi connectivity index (χ0n) is 21.7. The van der Waals surface area contributed by atoms with E-state index >= 15 is 0 Å². The van der Waals surface area contributed by atoms with E-state index in [1.54, 1.807) is 37.3 Å². The van der Waals surface area contributed by atoms with Crippen LogP contribution in [0.4, 0.5) is 10.5 Å². The van der Waals surface area contributed by atoms with Crippen molar-refractivity contribution in [2.45, 2.75) is 20.4 Å². The minimum Gasteiger partial charge on any atom is -0.494 e. The number of carbonyl (C=O) groups excluding carboxylic acids is 3. The molecule has 1 aliphatic rings. The molecule has 5 rings (SSSR count). The van der Waals surface area contributed by atoms with Gasteiger partial charge in [0.25, 0.3) is 11.8 Å². The highest BCUT2D eigenvalue weighted by molar-refractivity contribution is 6.42. The molecule has 0 atom stereocenters. The number of aromatic nitrogens is 1. The van der Waals surface area contributed by atoms with Gasteiger partial charge in [-0.2, -0.15) is 0 Å². The van der Waals surface area contributed by atoms with Gasteiger partial charge >= 0.3 is 6.03 Å². The summed E-state index contributed by atoms with van der Waals surface area (Å²) in [7, 11) is 0. The van der Waals surface area contributed by atoms with Crippen LogP contribution in [0.5, 0.6) is 11.5 Å². The van der Waals surface area contributed by atoms with Crippen LogP contribution in [0, 0.1) is 0 Å². The number of fused-ring (bicyclic) bond motifs is 1. The number of para-hydroxylation sites is 1. The number of urea groups is 1. The number of nitrogens with zero attached hydrogens (tertiary/aromatic N) is 2. The van der Waals surface area contributed by atoms with Gasteiger partial charge in [-0.25, -0.2) is 9.69 Å². The summed E-state index contributed by atoms with van der Waals surface area (Å²) in [5.74, 6) is -0.799. The molecule has 0 unspecified atom stereocenters. The summed E-state index contributed by atoms with van der Waals surface area (Å²) >= 11 is 12.3. The Morgan fingerprint density at radius 1 is 0.900 bits per heavy atom. The van der Waals surface area contributed by atoms with Crippen LogP contribution in [0.25, 0.3) is 17.0 Å². The normalized spacial score (nSPS) is 14.7. The average Bonchev–Trinajstić information content (AvgIpc) is 3.27. The van der Waals surface area contributed by atoms with Gasteiger partial charge in [-0.1, -0.05) is 47.5 Å². The van der Waals surface area contributed by atoms with Crippen LogP contribution >= 0.6 is 23.2 Å². The smallest absolute Gasteiger partial charge is 0.336 e. The van der Waals surface area contributed by atoms with Crippen molar-refractivity contribution in [1.82, 2.24) is 9.88 Å². The molecule has 0 bridgehead atoms. The number of carbonyl (C=O) groups is 3. The third kappa shape index (κ3) is 5.28. The Kier molecular flexibility index (Phi) is 7.82. The molecule has 8 nitrogen and oxygen atoms in total. The first-order valence-electron chi connectivity index (χ1n) is 12.6. The van der Waals surface area contributed by atoms with Crippen molar-refractivity contribution in [3.8, 4) is 11.5 Å². The van der Waals surface area contributed by atoms with Crippen molar-refractivity contribution in [3.05, 3.63) is 93.6 Å². The summed E-state index contributed by atoms with van der Waals surface area (Å²) in [4.78, 5) is 40.5. The van der Waals surface area contributed by atoms with E-state index in [-0.39, 0.29) is 11.3 Å². The molecule has 1 aliphatic heterocycles. The second-order valence-electron chi connectivity index (χ2n) is 8.93. The minimum absolute atomic E-state index is 0.177. The predicted octanol–water partition coefficient (Wildman–Crippen LogP) is 6.46. The predicted molar refractivity (Wildman–Crippen MR) is 155 cm³/mol. The molecule has 1 aromatic heterocycles. The van der Waals surface area contributed by atoms with E-state index in [1.165, 1.54) is 6.08 Å². The van der Waals surface area contributed by atoms with E-state index in [0.717, 1.165) is 21.4 Å². The topological polar surface area (TPSA) is 89.9 Å². The maximum atomic E-state index is 13.7.